The van der Waals surface area contributed by atoms with E-state index in [1.54, 1.807) is 16.4 Å². The first-order valence-electron chi connectivity index (χ1n) is 8.45. The fourth-order valence-electron chi connectivity index (χ4n) is 3.33. The summed E-state index contributed by atoms with van der Waals surface area (Å²) in [4.78, 5) is 2.44. The summed E-state index contributed by atoms with van der Waals surface area (Å²) >= 11 is 0. The van der Waals surface area contributed by atoms with Gasteiger partial charge in [-0.1, -0.05) is 42.0 Å². The average molecular weight is 360 g/mol. The predicted molar refractivity (Wildman–Crippen MR) is 99.7 cm³/mol. The van der Waals surface area contributed by atoms with Crippen LogP contribution in [0.15, 0.2) is 58.6 Å². The van der Waals surface area contributed by atoms with Crippen molar-refractivity contribution in [1.82, 2.24) is 9.21 Å². The number of hydrogen-bond acceptors (Lipinski definition) is 4. The molecule has 0 aliphatic carbocycles. The molecule has 134 valence electrons. The Balaban J connectivity index is 1.86. The number of rotatable bonds is 4. The van der Waals surface area contributed by atoms with Gasteiger partial charge in [0, 0.05) is 37.3 Å². The molecule has 0 amide bonds. The van der Waals surface area contributed by atoms with Crippen molar-refractivity contribution in [3.8, 4) is 0 Å². The Kier molecular flexibility index (Phi) is 5.13. The van der Waals surface area contributed by atoms with Crippen LogP contribution in [0, 0.1) is 0 Å². The highest BCUT2D eigenvalue weighted by Gasteiger charge is 2.30. The number of piperazine rings is 1. The second kappa shape index (κ2) is 7.15. The SMILES string of the molecule is CC(C)=C(CO)N1CCN(S(=O)(=O)c2cccc3ccccc23)CC1. The van der Waals surface area contributed by atoms with Crippen molar-refractivity contribution in [2.75, 3.05) is 32.8 Å². The number of benzene rings is 2. The van der Waals surface area contributed by atoms with E-state index in [-0.39, 0.29) is 6.61 Å². The highest BCUT2D eigenvalue weighted by molar-refractivity contribution is 7.89. The zero-order chi connectivity index (χ0) is 18.0. The van der Waals surface area contributed by atoms with E-state index in [9.17, 15) is 13.5 Å². The third-order valence-corrected chi connectivity index (χ3v) is 6.67. The van der Waals surface area contributed by atoms with Crippen LogP contribution in [0.2, 0.25) is 0 Å². The first-order valence-corrected chi connectivity index (χ1v) is 9.89. The van der Waals surface area contributed by atoms with Crippen LogP contribution in [0.4, 0.5) is 0 Å². The second-order valence-corrected chi connectivity index (χ2v) is 8.38. The average Bonchev–Trinajstić information content (AvgIpc) is 2.62. The molecular weight excluding hydrogens is 336 g/mol. The van der Waals surface area contributed by atoms with Gasteiger partial charge in [0.15, 0.2) is 0 Å². The maximum absolute atomic E-state index is 13.1. The van der Waals surface area contributed by atoms with Crippen LogP contribution in [0.5, 0.6) is 0 Å². The number of allylic oxidation sites excluding steroid dienone is 1. The van der Waals surface area contributed by atoms with Gasteiger partial charge in [0.2, 0.25) is 10.0 Å². The van der Waals surface area contributed by atoms with Crippen molar-refractivity contribution in [2.24, 2.45) is 0 Å². The van der Waals surface area contributed by atoms with E-state index in [2.05, 4.69) is 4.90 Å². The summed E-state index contributed by atoms with van der Waals surface area (Å²) in [7, 11) is -3.54. The molecule has 0 atom stereocenters. The van der Waals surface area contributed by atoms with E-state index >= 15 is 0 Å². The van der Waals surface area contributed by atoms with E-state index in [0.717, 1.165) is 22.0 Å². The van der Waals surface area contributed by atoms with Gasteiger partial charge in [-0.3, -0.25) is 0 Å². The summed E-state index contributed by atoms with van der Waals surface area (Å²) in [6.45, 7) is 5.93. The first kappa shape index (κ1) is 17.9. The van der Waals surface area contributed by atoms with E-state index in [4.69, 9.17) is 0 Å². The van der Waals surface area contributed by atoms with Crippen LogP contribution in [0.1, 0.15) is 13.8 Å². The molecule has 2 aromatic carbocycles. The van der Waals surface area contributed by atoms with Gasteiger partial charge in [-0.15, -0.1) is 0 Å². The lowest BCUT2D eigenvalue weighted by molar-refractivity contribution is 0.194. The number of hydrogen-bond donors (Lipinski definition) is 1. The van der Waals surface area contributed by atoms with E-state index < -0.39 is 10.0 Å². The lowest BCUT2D eigenvalue weighted by Gasteiger charge is -2.37. The van der Waals surface area contributed by atoms with Gasteiger partial charge in [0.05, 0.1) is 11.5 Å². The molecule has 0 saturated carbocycles. The lowest BCUT2D eigenvalue weighted by Crippen LogP contribution is -2.48. The van der Waals surface area contributed by atoms with Crippen molar-refractivity contribution in [3.05, 3.63) is 53.7 Å². The normalized spacial score (nSPS) is 16.2. The van der Waals surface area contributed by atoms with Crippen LogP contribution in [-0.4, -0.2) is 55.5 Å². The summed E-state index contributed by atoms with van der Waals surface area (Å²) in [5.74, 6) is 0. The quantitative estimate of drug-likeness (QED) is 0.910. The van der Waals surface area contributed by atoms with Gasteiger partial charge in [0.25, 0.3) is 0 Å². The molecule has 0 spiro atoms. The number of aliphatic hydroxyl groups is 1. The fourth-order valence-corrected chi connectivity index (χ4v) is 4.97. The fraction of sp³-hybridized carbons (Fsp3) is 0.368. The summed E-state index contributed by atoms with van der Waals surface area (Å²) in [5, 5.41) is 11.2. The highest BCUT2D eigenvalue weighted by atomic mass is 32.2. The largest absolute Gasteiger partial charge is 0.390 e. The maximum Gasteiger partial charge on any atom is 0.243 e. The number of fused-ring (bicyclic) bond motifs is 1. The lowest BCUT2D eigenvalue weighted by atomic mass is 10.1. The predicted octanol–water partition coefficient (Wildman–Crippen LogP) is 2.43. The number of nitrogens with zero attached hydrogens (tertiary/aromatic N) is 2. The molecule has 25 heavy (non-hydrogen) atoms. The molecule has 0 radical (unpaired) electrons. The molecule has 6 heteroatoms. The zero-order valence-electron chi connectivity index (χ0n) is 14.6. The number of sulfonamides is 1. The molecule has 3 rings (SSSR count). The summed E-state index contributed by atoms with van der Waals surface area (Å²) in [6, 6.07) is 12.9. The van der Waals surface area contributed by atoms with Gasteiger partial charge in [-0.2, -0.15) is 4.31 Å². The van der Waals surface area contributed by atoms with Crippen molar-refractivity contribution in [3.63, 3.8) is 0 Å². The molecule has 1 fully saturated rings. The molecule has 1 N–H and O–H groups in total. The zero-order valence-corrected chi connectivity index (χ0v) is 15.5. The molecular formula is C19H24N2O3S. The molecule has 1 aliphatic rings. The van der Waals surface area contributed by atoms with Crippen molar-refractivity contribution >= 4 is 20.8 Å². The topological polar surface area (TPSA) is 60.9 Å². The third-order valence-electron chi connectivity index (χ3n) is 4.71. The Bertz CT molecular complexity index is 889. The smallest absolute Gasteiger partial charge is 0.243 e. The summed E-state index contributed by atoms with van der Waals surface area (Å²) in [5.41, 5.74) is 1.95. The molecule has 0 aromatic heterocycles. The van der Waals surface area contributed by atoms with Gasteiger partial charge >= 0.3 is 0 Å². The van der Waals surface area contributed by atoms with Crippen LogP contribution in [0.3, 0.4) is 0 Å². The molecule has 0 unspecified atom stereocenters. The standard InChI is InChI=1S/C19H24N2O3S/c1-15(2)18(14-22)20-10-12-21(13-11-20)25(23,24)19-9-5-7-16-6-3-4-8-17(16)19/h3-9,22H,10-14H2,1-2H3. The van der Waals surface area contributed by atoms with Crippen molar-refractivity contribution < 1.29 is 13.5 Å². The van der Waals surface area contributed by atoms with E-state index in [1.165, 1.54) is 0 Å². The minimum absolute atomic E-state index is 0.0155. The van der Waals surface area contributed by atoms with Gasteiger partial charge < -0.3 is 10.0 Å². The van der Waals surface area contributed by atoms with Crippen LogP contribution >= 0.6 is 0 Å². The van der Waals surface area contributed by atoms with Crippen LogP contribution < -0.4 is 0 Å². The number of aliphatic hydroxyl groups excluding tert-OH is 1. The van der Waals surface area contributed by atoms with Crippen molar-refractivity contribution in [2.45, 2.75) is 18.7 Å². The van der Waals surface area contributed by atoms with E-state index in [0.29, 0.717) is 31.1 Å². The van der Waals surface area contributed by atoms with Crippen LogP contribution in [0.25, 0.3) is 10.8 Å². The maximum atomic E-state index is 13.1. The molecule has 1 aliphatic heterocycles. The first-order chi connectivity index (χ1) is 11.9. The molecule has 5 nitrogen and oxygen atoms in total. The van der Waals surface area contributed by atoms with Gasteiger partial charge in [-0.25, -0.2) is 8.42 Å². The van der Waals surface area contributed by atoms with Gasteiger partial charge in [0.1, 0.15) is 0 Å². The summed E-state index contributed by atoms with van der Waals surface area (Å²) in [6.07, 6.45) is 0. The minimum atomic E-state index is -3.54. The third kappa shape index (κ3) is 3.42. The van der Waals surface area contributed by atoms with Crippen molar-refractivity contribution in [1.29, 1.82) is 0 Å². The Morgan fingerprint density at radius 1 is 1.00 bits per heavy atom. The molecule has 2 aromatic rings. The van der Waals surface area contributed by atoms with E-state index in [1.807, 2.05) is 44.2 Å². The molecule has 0 bridgehead atoms. The Labute approximate surface area is 149 Å². The monoisotopic (exact) mass is 360 g/mol. The molecule has 1 heterocycles. The Morgan fingerprint density at radius 3 is 2.28 bits per heavy atom. The highest BCUT2D eigenvalue weighted by Crippen LogP contribution is 2.27. The Morgan fingerprint density at radius 2 is 1.64 bits per heavy atom. The minimum Gasteiger partial charge on any atom is -0.390 e. The van der Waals surface area contributed by atoms with Gasteiger partial charge in [-0.05, 0) is 25.3 Å². The Hall–Kier alpha value is -1.89. The molecule has 1 saturated heterocycles. The van der Waals surface area contributed by atoms with Crippen LogP contribution in [-0.2, 0) is 10.0 Å². The summed E-state index contributed by atoms with van der Waals surface area (Å²) < 4.78 is 27.8. The second-order valence-electron chi connectivity index (χ2n) is 6.47.